The molecule has 20 heavy (non-hydrogen) atoms. The van der Waals surface area contributed by atoms with Crippen LogP contribution in [-0.4, -0.2) is 24.9 Å². The summed E-state index contributed by atoms with van der Waals surface area (Å²) in [6.07, 6.45) is 1.53. The van der Waals surface area contributed by atoms with Gasteiger partial charge in [0, 0.05) is 5.39 Å². The van der Waals surface area contributed by atoms with Crippen LogP contribution in [0, 0.1) is 0 Å². The van der Waals surface area contributed by atoms with Gasteiger partial charge in [0.1, 0.15) is 5.76 Å². The molecule has 0 aliphatic carbocycles. The van der Waals surface area contributed by atoms with Crippen molar-refractivity contribution in [1.82, 2.24) is 5.32 Å². The Labute approximate surface area is 119 Å². The molecule has 0 amide bonds. The van der Waals surface area contributed by atoms with E-state index in [1.165, 1.54) is 0 Å². The van der Waals surface area contributed by atoms with E-state index in [1.54, 1.807) is 7.11 Å². The average Bonchev–Trinajstić information content (AvgIpc) is 2.87. The summed E-state index contributed by atoms with van der Waals surface area (Å²) in [4.78, 5) is 0. The number of rotatable bonds is 7. The third-order valence-electron chi connectivity index (χ3n) is 3.42. The van der Waals surface area contributed by atoms with Crippen molar-refractivity contribution < 1.29 is 14.3 Å². The average molecular weight is 277 g/mol. The van der Waals surface area contributed by atoms with Gasteiger partial charge in [-0.3, -0.25) is 0 Å². The molecule has 1 aromatic carbocycles. The summed E-state index contributed by atoms with van der Waals surface area (Å²) >= 11 is 0. The number of hydrogen-bond donors (Lipinski definition) is 2. The Bertz CT molecular complexity index is 548. The van der Waals surface area contributed by atoms with E-state index in [0.717, 1.165) is 41.9 Å². The Kier molecular flexibility index (Phi) is 5.04. The fourth-order valence-corrected chi connectivity index (χ4v) is 2.25. The van der Waals surface area contributed by atoms with Gasteiger partial charge < -0.3 is 19.6 Å². The molecule has 0 bridgehead atoms. The summed E-state index contributed by atoms with van der Waals surface area (Å²) in [7, 11) is 1.65. The highest BCUT2D eigenvalue weighted by atomic mass is 16.5. The molecule has 2 unspecified atom stereocenters. The minimum atomic E-state index is -0.234. The van der Waals surface area contributed by atoms with Crippen LogP contribution in [0.3, 0.4) is 0 Å². The molecule has 4 nitrogen and oxygen atoms in total. The molecule has 0 aliphatic heterocycles. The lowest BCUT2D eigenvalue weighted by Gasteiger charge is -2.11. The first-order valence-corrected chi connectivity index (χ1v) is 7.09. The number of ether oxygens (including phenoxy) is 1. The van der Waals surface area contributed by atoms with E-state index < -0.39 is 0 Å². The number of fused-ring (bicyclic) bond motifs is 1. The van der Waals surface area contributed by atoms with Crippen LogP contribution in [0.25, 0.3) is 11.0 Å². The third-order valence-corrected chi connectivity index (χ3v) is 3.42. The molecule has 2 N–H and O–H groups in total. The fourth-order valence-electron chi connectivity index (χ4n) is 2.25. The van der Waals surface area contributed by atoms with Crippen LogP contribution < -0.4 is 10.1 Å². The zero-order chi connectivity index (χ0) is 14.5. The van der Waals surface area contributed by atoms with Crippen molar-refractivity contribution >= 4 is 11.0 Å². The van der Waals surface area contributed by atoms with Crippen LogP contribution >= 0.6 is 0 Å². The van der Waals surface area contributed by atoms with Crippen LogP contribution in [0.2, 0.25) is 0 Å². The molecular formula is C16H23NO3. The number of benzene rings is 1. The predicted molar refractivity (Wildman–Crippen MR) is 80.1 cm³/mol. The highest BCUT2D eigenvalue weighted by Crippen LogP contribution is 2.30. The Hall–Kier alpha value is -1.52. The number of furan rings is 1. The molecular weight excluding hydrogens is 254 g/mol. The summed E-state index contributed by atoms with van der Waals surface area (Å²) in [5.41, 5.74) is 0.794. The first-order valence-electron chi connectivity index (χ1n) is 7.09. The minimum absolute atomic E-state index is 0.140. The highest BCUT2D eigenvalue weighted by molar-refractivity contribution is 5.83. The largest absolute Gasteiger partial charge is 0.493 e. The summed E-state index contributed by atoms with van der Waals surface area (Å²) in [6, 6.07) is 8.06. The van der Waals surface area contributed by atoms with Crippen molar-refractivity contribution in [2.24, 2.45) is 0 Å². The topological polar surface area (TPSA) is 54.6 Å². The quantitative estimate of drug-likeness (QED) is 0.763. The fraction of sp³-hybridized carbons (Fsp3) is 0.500. The highest BCUT2D eigenvalue weighted by Gasteiger charge is 2.13. The molecule has 0 saturated heterocycles. The van der Waals surface area contributed by atoms with Gasteiger partial charge in [-0.05, 0) is 45.4 Å². The lowest BCUT2D eigenvalue weighted by molar-refractivity contribution is 0.181. The number of aliphatic hydroxyl groups is 1. The van der Waals surface area contributed by atoms with Crippen LogP contribution in [0.15, 0.2) is 28.7 Å². The third kappa shape index (κ3) is 3.52. The van der Waals surface area contributed by atoms with Gasteiger partial charge >= 0.3 is 0 Å². The standard InChI is InChI=1S/C16H23NO3/c1-11(18)6-5-9-17-12(2)15-10-13-7-4-8-14(19-3)16(13)20-15/h4,7-8,10-12,17-18H,5-6,9H2,1-3H3. The molecule has 0 spiro atoms. The second kappa shape index (κ2) is 6.77. The summed E-state index contributed by atoms with van der Waals surface area (Å²) in [5, 5.41) is 13.7. The van der Waals surface area contributed by atoms with Crippen molar-refractivity contribution in [1.29, 1.82) is 0 Å². The zero-order valence-electron chi connectivity index (χ0n) is 12.3. The molecule has 1 heterocycles. The SMILES string of the molecule is COc1cccc2cc(C(C)NCCCC(C)O)oc12. The van der Waals surface area contributed by atoms with Gasteiger partial charge in [0.05, 0.1) is 19.3 Å². The second-order valence-corrected chi connectivity index (χ2v) is 5.19. The Balaban J connectivity index is 2.01. The summed E-state index contributed by atoms with van der Waals surface area (Å²) in [6.45, 7) is 4.75. The molecule has 0 aliphatic rings. The first-order chi connectivity index (χ1) is 9.61. The van der Waals surface area contributed by atoms with Gasteiger partial charge in [-0.15, -0.1) is 0 Å². The normalized spacial score (nSPS) is 14.4. The monoisotopic (exact) mass is 277 g/mol. The molecule has 2 aromatic rings. The Morgan fingerprint density at radius 3 is 2.85 bits per heavy atom. The molecule has 0 saturated carbocycles. The molecule has 110 valence electrons. The lowest BCUT2D eigenvalue weighted by atomic mass is 10.2. The van der Waals surface area contributed by atoms with E-state index in [2.05, 4.69) is 12.2 Å². The van der Waals surface area contributed by atoms with Gasteiger partial charge in [-0.25, -0.2) is 0 Å². The number of nitrogens with one attached hydrogen (secondary N) is 1. The van der Waals surface area contributed by atoms with Gasteiger partial charge in [-0.2, -0.15) is 0 Å². The van der Waals surface area contributed by atoms with Crippen molar-refractivity contribution in [2.75, 3.05) is 13.7 Å². The molecule has 0 fully saturated rings. The van der Waals surface area contributed by atoms with Crippen LogP contribution in [0.5, 0.6) is 5.75 Å². The van der Waals surface area contributed by atoms with Crippen LogP contribution in [0.1, 0.15) is 38.5 Å². The van der Waals surface area contributed by atoms with E-state index >= 15 is 0 Å². The van der Waals surface area contributed by atoms with Crippen LogP contribution in [-0.2, 0) is 0 Å². The van der Waals surface area contributed by atoms with Crippen LogP contribution in [0.4, 0.5) is 0 Å². The number of aliphatic hydroxyl groups excluding tert-OH is 1. The molecule has 2 rings (SSSR count). The van der Waals surface area contributed by atoms with Gasteiger partial charge in [0.15, 0.2) is 11.3 Å². The van der Waals surface area contributed by atoms with Gasteiger partial charge in [-0.1, -0.05) is 12.1 Å². The molecule has 0 radical (unpaired) electrons. The molecule has 1 aromatic heterocycles. The van der Waals surface area contributed by atoms with Gasteiger partial charge in [0.2, 0.25) is 0 Å². The molecule has 4 heteroatoms. The van der Waals surface area contributed by atoms with Crippen molar-refractivity contribution in [3.8, 4) is 5.75 Å². The molecule has 2 atom stereocenters. The maximum atomic E-state index is 9.23. The van der Waals surface area contributed by atoms with E-state index in [1.807, 2.05) is 31.2 Å². The van der Waals surface area contributed by atoms with E-state index in [-0.39, 0.29) is 12.1 Å². The number of methoxy groups -OCH3 is 1. The first kappa shape index (κ1) is 14.9. The van der Waals surface area contributed by atoms with E-state index in [4.69, 9.17) is 9.15 Å². The van der Waals surface area contributed by atoms with E-state index in [0.29, 0.717) is 0 Å². The van der Waals surface area contributed by atoms with Crippen molar-refractivity contribution in [2.45, 2.75) is 38.8 Å². The minimum Gasteiger partial charge on any atom is -0.493 e. The summed E-state index contributed by atoms with van der Waals surface area (Å²) in [5.74, 6) is 1.66. The lowest BCUT2D eigenvalue weighted by Crippen LogP contribution is -2.20. The second-order valence-electron chi connectivity index (χ2n) is 5.19. The Morgan fingerprint density at radius 2 is 2.15 bits per heavy atom. The Morgan fingerprint density at radius 1 is 1.35 bits per heavy atom. The number of para-hydroxylation sites is 1. The maximum Gasteiger partial charge on any atom is 0.176 e. The maximum absolute atomic E-state index is 9.23. The zero-order valence-corrected chi connectivity index (χ0v) is 12.3. The smallest absolute Gasteiger partial charge is 0.176 e. The predicted octanol–water partition coefficient (Wildman–Crippen LogP) is 3.25. The van der Waals surface area contributed by atoms with Gasteiger partial charge in [0.25, 0.3) is 0 Å². The van der Waals surface area contributed by atoms with Crippen molar-refractivity contribution in [3.05, 3.63) is 30.0 Å². The van der Waals surface area contributed by atoms with Crippen molar-refractivity contribution in [3.63, 3.8) is 0 Å². The number of hydrogen-bond acceptors (Lipinski definition) is 4. The summed E-state index contributed by atoms with van der Waals surface area (Å²) < 4.78 is 11.2. The van der Waals surface area contributed by atoms with E-state index in [9.17, 15) is 5.11 Å².